The first-order chi connectivity index (χ1) is 14.8. The number of carbonyl (C=O) groups excluding carboxylic acids is 1. The predicted octanol–water partition coefficient (Wildman–Crippen LogP) is 4.76. The van der Waals surface area contributed by atoms with E-state index in [1.807, 2.05) is 77.0 Å². The van der Waals surface area contributed by atoms with Gasteiger partial charge in [0.05, 0.1) is 17.0 Å². The van der Waals surface area contributed by atoms with Crippen molar-refractivity contribution in [2.24, 2.45) is 0 Å². The molecule has 1 aliphatic heterocycles. The molecular weight excluding hydrogens is 398 g/mol. The molecule has 0 bridgehead atoms. The van der Waals surface area contributed by atoms with Gasteiger partial charge in [0.15, 0.2) is 0 Å². The van der Waals surface area contributed by atoms with Gasteiger partial charge in [-0.1, -0.05) is 53.7 Å². The zero-order chi connectivity index (χ0) is 20.3. The third-order valence-corrected chi connectivity index (χ3v) is 5.89. The summed E-state index contributed by atoms with van der Waals surface area (Å²) in [6, 6.07) is 21.1. The monoisotopic (exact) mass is 417 g/mol. The third kappa shape index (κ3) is 3.71. The van der Waals surface area contributed by atoms with Crippen LogP contribution in [0.1, 0.15) is 16.1 Å². The van der Waals surface area contributed by atoms with E-state index in [1.54, 1.807) is 0 Å². The van der Waals surface area contributed by atoms with Gasteiger partial charge in [-0.15, -0.1) is 11.3 Å². The van der Waals surface area contributed by atoms with E-state index < -0.39 is 0 Å². The molecule has 1 fully saturated rings. The van der Waals surface area contributed by atoms with Crippen molar-refractivity contribution in [2.45, 2.75) is 12.5 Å². The lowest BCUT2D eigenvalue weighted by Gasteiger charge is -2.17. The molecule has 1 aliphatic rings. The third-order valence-electron chi connectivity index (χ3n) is 5.03. The number of ether oxygens (including phenoxy) is 1. The number of thiophene rings is 1. The molecule has 0 saturated carbocycles. The second-order valence-electron chi connectivity index (χ2n) is 7.04. The second kappa shape index (κ2) is 8.12. The topological polar surface area (TPSA) is 68.5 Å². The fraction of sp³-hybridized carbons (Fsp3) is 0.174. The molecule has 1 atom stereocenters. The lowest BCUT2D eigenvalue weighted by atomic mass is 10.2. The summed E-state index contributed by atoms with van der Waals surface area (Å²) >= 11 is 1.46. The zero-order valence-electron chi connectivity index (χ0n) is 16.1. The van der Waals surface area contributed by atoms with Gasteiger partial charge in [0, 0.05) is 18.5 Å². The van der Waals surface area contributed by atoms with Crippen LogP contribution in [-0.2, 0) is 0 Å². The molecule has 1 saturated heterocycles. The molecule has 6 nitrogen and oxygen atoms in total. The number of likely N-dealkylation sites (tertiary alicyclic amines) is 1. The van der Waals surface area contributed by atoms with Crippen molar-refractivity contribution < 1.29 is 14.1 Å². The normalized spacial score (nSPS) is 16.0. The highest BCUT2D eigenvalue weighted by atomic mass is 32.1. The Bertz CT molecular complexity index is 1140. The van der Waals surface area contributed by atoms with Crippen LogP contribution in [0.5, 0.6) is 5.75 Å². The number of para-hydroxylation sites is 1. The Kier molecular flexibility index (Phi) is 5.03. The van der Waals surface area contributed by atoms with Gasteiger partial charge in [0.25, 0.3) is 11.8 Å². The van der Waals surface area contributed by atoms with Crippen LogP contribution in [-0.4, -0.2) is 40.1 Å². The number of rotatable bonds is 5. The average molecular weight is 417 g/mol. The molecule has 4 aromatic rings. The minimum absolute atomic E-state index is 0.0637. The summed E-state index contributed by atoms with van der Waals surface area (Å²) in [5.74, 6) is 1.69. The van der Waals surface area contributed by atoms with Crippen molar-refractivity contribution in [3.8, 4) is 28.6 Å². The molecule has 3 heterocycles. The molecule has 2 aromatic heterocycles. The van der Waals surface area contributed by atoms with Gasteiger partial charge in [0.1, 0.15) is 11.9 Å². The first kappa shape index (κ1) is 18.6. The Hall–Kier alpha value is -3.45. The SMILES string of the molecule is O=C(c1cccs1)N1CCC(Oc2ccccc2-c2nc(-c3ccccc3)no2)C1. The summed E-state index contributed by atoms with van der Waals surface area (Å²) in [7, 11) is 0. The highest BCUT2D eigenvalue weighted by Crippen LogP contribution is 2.32. The highest BCUT2D eigenvalue weighted by molar-refractivity contribution is 7.12. The van der Waals surface area contributed by atoms with Crippen LogP contribution in [0, 0.1) is 0 Å². The van der Waals surface area contributed by atoms with Gasteiger partial charge < -0.3 is 14.2 Å². The largest absolute Gasteiger partial charge is 0.488 e. The molecule has 2 aromatic carbocycles. The Labute approximate surface area is 177 Å². The molecule has 5 rings (SSSR count). The fourth-order valence-corrected chi connectivity index (χ4v) is 4.22. The van der Waals surface area contributed by atoms with Crippen LogP contribution in [0.25, 0.3) is 22.8 Å². The zero-order valence-corrected chi connectivity index (χ0v) is 16.9. The Morgan fingerprint density at radius 3 is 2.73 bits per heavy atom. The number of hydrogen-bond acceptors (Lipinski definition) is 6. The lowest BCUT2D eigenvalue weighted by Crippen LogP contribution is -2.30. The van der Waals surface area contributed by atoms with Gasteiger partial charge in [-0.2, -0.15) is 4.98 Å². The van der Waals surface area contributed by atoms with Gasteiger partial charge in [-0.25, -0.2) is 0 Å². The van der Waals surface area contributed by atoms with Crippen LogP contribution >= 0.6 is 11.3 Å². The average Bonchev–Trinajstić information content (AvgIpc) is 3.56. The molecule has 150 valence electrons. The molecule has 1 amide bonds. The molecule has 1 unspecified atom stereocenters. The van der Waals surface area contributed by atoms with E-state index in [-0.39, 0.29) is 12.0 Å². The van der Waals surface area contributed by atoms with Crippen LogP contribution in [0.3, 0.4) is 0 Å². The number of nitrogens with zero attached hydrogens (tertiary/aromatic N) is 3. The van der Waals surface area contributed by atoms with Crippen molar-refractivity contribution in [3.63, 3.8) is 0 Å². The maximum atomic E-state index is 12.6. The van der Waals surface area contributed by atoms with E-state index >= 15 is 0 Å². The molecule has 0 aliphatic carbocycles. The van der Waals surface area contributed by atoms with E-state index in [2.05, 4.69) is 10.1 Å². The van der Waals surface area contributed by atoms with Crippen molar-refractivity contribution in [3.05, 3.63) is 77.0 Å². The molecule has 7 heteroatoms. The highest BCUT2D eigenvalue weighted by Gasteiger charge is 2.29. The van der Waals surface area contributed by atoms with E-state index in [0.29, 0.717) is 30.6 Å². The van der Waals surface area contributed by atoms with E-state index in [0.717, 1.165) is 22.4 Å². The summed E-state index contributed by atoms with van der Waals surface area (Å²) in [6.07, 6.45) is 0.705. The Morgan fingerprint density at radius 2 is 1.90 bits per heavy atom. The molecular formula is C23H19N3O3S. The van der Waals surface area contributed by atoms with Crippen molar-refractivity contribution in [1.82, 2.24) is 15.0 Å². The van der Waals surface area contributed by atoms with Gasteiger partial charge in [0.2, 0.25) is 5.82 Å². The minimum Gasteiger partial charge on any atom is -0.488 e. The van der Waals surface area contributed by atoms with Gasteiger partial charge in [-0.05, 0) is 23.6 Å². The molecule has 0 radical (unpaired) electrons. The maximum Gasteiger partial charge on any atom is 0.264 e. The number of amides is 1. The van der Waals surface area contributed by atoms with Crippen LogP contribution in [0.2, 0.25) is 0 Å². The van der Waals surface area contributed by atoms with Crippen LogP contribution < -0.4 is 4.74 Å². The van der Waals surface area contributed by atoms with Crippen molar-refractivity contribution >= 4 is 17.2 Å². The van der Waals surface area contributed by atoms with Gasteiger partial charge >= 0.3 is 0 Å². The molecule has 30 heavy (non-hydrogen) atoms. The van der Waals surface area contributed by atoms with Gasteiger partial charge in [-0.3, -0.25) is 4.79 Å². The molecule has 0 spiro atoms. The van der Waals surface area contributed by atoms with Crippen LogP contribution in [0.4, 0.5) is 0 Å². The Balaban J connectivity index is 1.33. The smallest absolute Gasteiger partial charge is 0.264 e. The number of hydrogen-bond donors (Lipinski definition) is 0. The second-order valence-corrected chi connectivity index (χ2v) is 7.99. The first-order valence-corrected chi connectivity index (χ1v) is 10.6. The Morgan fingerprint density at radius 1 is 1.07 bits per heavy atom. The summed E-state index contributed by atoms with van der Waals surface area (Å²) in [6.45, 7) is 1.24. The van der Waals surface area contributed by atoms with E-state index in [4.69, 9.17) is 9.26 Å². The van der Waals surface area contributed by atoms with E-state index in [9.17, 15) is 4.79 Å². The summed E-state index contributed by atoms with van der Waals surface area (Å²) in [5, 5.41) is 6.02. The fourth-order valence-electron chi connectivity index (χ4n) is 3.53. The quantitative estimate of drug-likeness (QED) is 0.468. The number of aromatic nitrogens is 2. The van der Waals surface area contributed by atoms with Crippen LogP contribution in [0.15, 0.2) is 76.6 Å². The molecule has 0 N–H and O–H groups in total. The summed E-state index contributed by atoms with van der Waals surface area (Å²) in [4.78, 5) is 19.7. The standard InChI is InChI=1S/C23H19N3O3S/c27-23(20-11-6-14-30-20)26-13-12-17(15-26)28-19-10-5-4-9-18(19)22-24-21(25-29-22)16-7-2-1-3-8-16/h1-11,14,17H,12-13,15H2. The van der Waals surface area contributed by atoms with Crippen molar-refractivity contribution in [1.29, 1.82) is 0 Å². The maximum absolute atomic E-state index is 12.6. The van der Waals surface area contributed by atoms with Crippen molar-refractivity contribution in [2.75, 3.05) is 13.1 Å². The lowest BCUT2D eigenvalue weighted by molar-refractivity contribution is 0.0777. The minimum atomic E-state index is -0.0772. The van der Waals surface area contributed by atoms with E-state index in [1.165, 1.54) is 11.3 Å². The number of benzene rings is 2. The number of carbonyl (C=O) groups is 1. The first-order valence-electron chi connectivity index (χ1n) is 9.76. The summed E-state index contributed by atoms with van der Waals surface area (Å²) < 4.78 is 11.8. The summed E-state index contributed by atoms with van der Waals surface area (Å²) in [5.41, 5.74) is 1.64. The predicted molar refractivity (Wildman–Crippen MR) is 114 cm³/mol.